The van der Waals surface area contributed by atoms with Gasteiger partial charge in [0.05, 0.1) is 19.2 Å². The summed E-state index contributed by atoms with van der Waals surface area (Å²) in [6.07, 6.45) is 1.55. The van der Waals surface area contributed by atoms with E-state index in [1.807, 2.05) is 6.07 Å². The smallest absolute Gasteiger partial charge is 0.239 e. The maximum atomic E-state index is 8.96. The van der Waals surface area contributed by atoms with Crippen molar-refractivity contribution in [3.63, 3.8) is 0 Å². The Labute approximate surface area is 98.3 Å². The summed E-state index contributed by atoms with van der Waals surface area (Å²) < 4.78 is 6.68. The third-order valence-electron chi connectivity index (χ3n) is 2.28. The first-order chi connectivity index (χ1) is 8.22. The molecule has 0 bridgehead atoms. The van der Waals surface area contributed by atoms with Gasteiger partial charge in [0.1, 0.15) is 18.1 Å². The molecule has 0 radical (unpaired) electrons. The number of hydrogen-bond donors (Lipinski definition) is 1. The Bertz CT molecular complexity index is 569. The fourth-order valence-corrected chi connectivity index (χ4v) is 1.51. The van der Waals surface area contributed by atoms with Gasteiger partial charge in [0, 0.05) is 0 Å². The average Bonchev–Trinajstić information content (AvgIpc) is 2.74. The summed E-state index contributed by atoms with van der Waals surface area (Å²) in [6, 6.07) is 7.47. The van der Waals surface area contributed by atoms with Gasteiger partial charge in [-0.2, -0.15) is 5.26 Å². The zero-order valence-corrected chi connectivity index (χ0v) is 9.29. The van der Waals surface area contributed by atoms with E-state index in [1.165, 1.54) is 7.11 Å². The molecule has 2 N–H and O–H groups in total. The minimum atomic E-state index is 0.235. The normalized spacial score (nSPS) is 9.88. The lowest BCUT2D eigenvalue weighted by Crippen LogP contribution is -2.02. The predicted octanol–water partition coefficient (Wildman–Crippen LogP) is 0.789. The molecule has 17 heavy (non-hydrogen) atoms. The van der Waals surface area contributed by atoms with Crippen molar-refractivity contribution in [3.8, 4) is 11.8 Å². The molecule has 0 atom stereocenters. The first-order valence-corrected chi connectivity index (χ1v) is 4.95. The highest BCUT2D eigenvalue weighted by molar-refractivity contribution is 5.45. The van der Waals surface area contributed by atoms with Gasteiger partial charge in [-0.15, -0.1) is 5.10 Å². The lowest BCUT2D eigenvalue weighted by molar-refractivity contribution is 0.413. The molecule has 0 saturated carbocycles. The maximum Gasteiger partial charge on any atom is 0.239 e. The fourth-order valence-electron chi connectivity index (χ4n) is 1.51. The van der Waals surface area contributed by atoms with Gasteiger partial charge in [0.2, 0.25) is 5.95 Å². The molecule has 2 rings (SSSR count). The van der Waals surface area contributed by atoms with E-state index in [9.17, 15) is 0 Å². The molecule has 0 aliphatic carbocycles. The molecule has 0 aliphatic rings. The molecule has 86 valence electrons. The van der Waals surface area contributed by atoms with E-state index in [0.717, 1.165) is 5.56 Å². The number of nitriles is 1. The summed E-state index contributed by atoms with van der Waals surface area (Å²) in [6.45, 7) is 0.517. The van der Waals surface area contributed by atoms with Crippen LogP contribution in [0.3, 0.4) is 0 Å². The van der Waals surface area contributed by atoms with Gasteiger partial charge < -0.3 is 10.5 Å². The molecule has 6 nitrogen and oxygen atoms in total. The fraction of sp³-hybridized carbons (Fsp3) is 0.182. The Hall–Kier alpha value is -2.55. The highest BCUT2D eigenvalue weighted by Gasteiger charge is 2.04. The van der Waals surface area contributed by atoms with E-state index in [0.29, 0.717) is 17.9 Å². The van der Waals surface area contributed by atoms with Gasteiger partial charge in [-0.1, -0.05) is 6.07 Å². The van der Waals surface area contributed by atoms with Crippen LogP contribution in [0.5, 0.6) is 5.75 Å². The molecule has 1 aromatic heterocycles. The zero-order valence-electron chi connectivity index (χ0n) is 9.29. The topological polar surface area (TPSA) is 89.8 Å². The highest BCUT2D eigenvalue weighted by Crippen LogP contribution is 2.19. The number of nitrogens with two attached hydrogens (primary N) is 1. The second-order valence-corrected chi connectivity index (χ2v) is 3.45. The van der Waals surface area contributed by atoms with Crippen LogP contribution in [0.25, 0.3) is 0 Å². The summed E-state index contributed by atoms with van der Waals surface area (Å²) in [4.78, 5) is 3.83. The molecule has 1 aromatic carbocycles. The summed E-state index contributed by atoms with van der Waals surface area (Å²) in [7, 11) is 1.54. The van der Waals surface area contributed by atoms with E-state index in [4.69, 9.17) is 15.7 Å². The van der Waals surface area contributed by atoms with Crippen LogP contribution in [-0.2, 0) is 6.54 Å². The second kappa shape index (κ2) is 4.53. The van der Waals surface area contributed by atoms with Crippen molar-refractivity contribution in [2.24, 2.45) is 0 Å². The molecule has 1 heterocycles. The monoisotopic (exact) mass is 229 g/mol. The molecular weight excluding hydrogens is 218 g/mol. The number of anilines is 1. The van der Waals surface area contributed by atoms with Gasteiger partial charge in [0.15, 0.2) is 0 Å². The Morgan fingerprint density at radius 3 is 2.94 bits per heavy atom. The Morgan fingerprint density at radius 1 is 1.53 bits per heavy atom. The number of methoxy groups -OCH3 is 1. The number of nitrogens with zero attached hydrogens (tertiary/aromatic N) is 4. The maximum absolute atomic E-state index is 8.96. The minimum absolute atomic E-state index is 0.235. The van der Waals surface area contributed by atoms with Gasteiger partial charge in [-0.25, -0.2) is 9.67 Å². The summed E-state index contributed by atoms with van der Waals surface area (Å²) >= 11 is 0. The lowest BCUT2D eigenvalue weighted by atomic mass is 10.1. The molecular formula is C11H11N5O. The number of hydrogen-bond acceptors (Lipinski definition) is 5. The summed E-state index contributed by atoms with van der Waals surface area (Å²) in [5.74, 6) is 0.799. The van der Waals surface area contributed by atoms with Crippen LogP contribution in [0.15, 0.2) is 24.5 Å². The third kappa shape index (κ3) is 2.34. The van der Waals surface area contributed by atoms with Crippen molar-refractivity contribution in [1.29, 1.82) is 5.26 Å². The lowest BCUT2D eigenvalue weighted by Gasteiger charge is -2.05. The standard InChI is InChI=1S/C11H11N5O/c1-17-10-3-2-8(4-9(10)5-12)6-16-7-14-11(13)15-16/h2-4,7H,6H2,1H3,(H2,13,15). The van der Waals surface area contributed by atoms with Gasteiger partial charge in [0.25, 0.3) is 0 Å². The van der Waals surface area contributed by atoms with Crippen molar-refractivity contribution >= 4 is 5.95 Å². The Kier molecular flexibility index (Phi) is 2.92. The molecule has 0 saturated heterocycles. The van der Waals surface area contributed by atoms with Crippen LogP contribution in [0, 0.1) is 11.3 Å². The van der Waals surface area contributed by atoms with E-state index in [-0.39, 0.29) is 5.95 Å². The van der Waals surface area contributed by atoms with Gasteiger partial charge in [-0.05, 0) is 17.7 Å². The number of rotatable bonds is 3. The van der Waals surface area contributed by atoms with E-state index < -0.39 is 0 Å². The number of aromatic nitrogens is 3. The van der Waals surface area contributed by atoms with E-state index >= 15 is 0 Å². The van der Waals surface area contributed by atoms with Gasteiger partial charge >= 0.3 is 0 Å². The van der Waals surface area contributed by atoms with Crippen molar-refractivity contribution in [1.82, 2.24) is 14.8 Å². The first kappa shape index (κ1) is 11.0. The van der Waals surface area contributed by atoms with Crippen LogP contribution < -0.4 is 10.5 Å². The minimum Gasteiger partial charge on any atom is -0.495 e. The van der Waals surface area contributed by atoms with Crippen LogP contribution >= 0.6 is 0 Å². The van der Waals surface area contributed by atoms with E-state index in [2.05, 4.69) is 16.2 Å². The third-order valence-corrected chi connectivity index (χ3v) is 2.28. The number of benzene rings is 1. The summed E-state index contributed by atoms with van der Waals surface area (Å²) in [5, 5.41) is 12.9. The molecule has 0 spiro atoms. The van der Waals surface area contributed by atoms with Crippen LogP contribution in [0.1, 0.15) is 11.1 Å². The van der Waals surface area contributed by atoms with Crippen LogP contribution in [0.2, 0.25) is 0 Å². The van der Waals surface area contributed by atoms with Gasteiger partial charge in [-0.3, -0.25) is 0 Å². The van der Waals surface area contributed by atoms with Crippen LogP contribution in [0.4, 0.5) is 5.95 Å². The molecule has 2 aromatic rings. The quantitative estimate of drug-likeness (QED) is 0.840. The number of ether oxygens (including phenoxy) is 1. The summed E-state index contributed by atoms with van der Waals surface area (Å²) in [5.41, 5.74) is 6.85. The van der Waals surface area contributed by atoms with Crippen molar-refractivity contribution in [2.45, 2.75) is 6.54 Å². The van der Waals surface area contributed by atoms with E-state index in [1.54, 1.807) is 23.1 Å². The first-order valence-electron chi connectivity index (χ1n) is 4.95. The van der Waals surface area contributed by atoms with Crippen LogP contribution in [-0.4, -0.2) is 21.9 Å². The SMILES string of the molecule is COc1ccc(Cn2cnc(N)n2)cc1C#N. The molecule has 0 aliphatic heterocycles. The second-order valence-electron chi connectivity index (χ2n) is 3.45. The largest absolute Gasteiger partial charge is 0.495 e. The zero-order chi connectivity index (χ0) is 12.3. The molecule has 0 unspecified atom stereocenters. The number of nitrogen functional groups attached to an aromatic ring is 1. The molecule has 0 fully saturated rings. The molecule has 0 amide bonds. The Morgan fingerprint density at radius 2 is 2.35 bits per heavy atom. The van der Waals surface area contributed by atoms with Crippen molar-refractivity contribution < 1.29 is 4.74 Å². The van der Waals surface area contributed by atoms with Crippen molar-refractivity contribution in [2.75, 3.05) is 12.8 Å². The predicted molar refractivity (Wildman–Crippen MR) is 61.2 cm³/mol. The Balaban J connectivity index is 2.26. The van der Waals surface area contributed by atoms with Crippen molar-refractivity contribution in [3.05, 3.63) is 35.7 Å². The molecule has 6 heteroatoms. The highest BCUT2D eigenvalue weighted by atomic mass is 16.5. The average molecular weight is 229 g/mol.